The maximum absolute atomic E-state index is 12.2. The standard InChI is InChI=1S/C15H23BrN2O/c1-5-18(6-2)10-12(4)17-15(19)14-9-13(16)8-7-11(14)3/h7-9,12H,5-6,10H2,1-4H3,(H,17,19). The molecule has 1 aromatic carbocycles. The highest BCUT2D eigenvalue weighted by Gasteiger charge is 2.14. The zero-order valence-electron chi connectivity index (χ0n) is 12.2. The zero-order chi connectivity index (χ0) is 14.4. The maximum Gasteiger partial charge on any atom is 0.251 e. The summed E-state index contributed by atoms with van der Waals surface area (Å²) in [5, 5.41) is 3.06. The Kier molecular flexibility index (Phi) is 6.52. The topological polar surface area (TPSA) is 32.3 Å². The summed E-state index contributed by atoms with van der Waals surface area (Å²) in [4.78, 5) is 14.5. The molecule has 19 heavy (non-hydrogen) atoms. The van der Waals surface area contributed by atoms with Gasteiger partial charge in [0.2, 0.25) is 0 Å². The lowest BCUT2D eigenvalue weighted by atomic mass is 10.1. The Morgan fingerprint density at radius 1 is 1.37 bits per heavy atom. The van der Waals surface area contributed by atoms with Crippen molar-refractivity contribution >= 4 is 21.8 Å². The summed E-state index contributed by atoms with van der Waals surface area (Å²) in [6.07, 6.45) is 0. The number of carbonyl (C=O) groups excluding carboxylic acids is 1. The molecular weight excluding hydrogens is 304 g/mol. The predicted molar refractivity (Wildman–Crippen MR) is 83.6 cm³/mol. The molecule has 1 aromatic rings. The van der Waals surface area contributed by atoms with E-state index in [0.29, 0.717) is 0 Å². The molecule has 0 aliphatic rings. The summed E-state index contributed by atoms with van der Waals surface area (Å²) in [6.45, 7) is 11.2. The van der Waals surface area contributed by atoms with Crippen LogP contribution in [0.15, 0.2) is 22.7 Å². The van der Waals surface area contributed by atoms with Crippen LogP contribution in [-0.2, 0) is 0 Å². The van der Waals surface area contributed by atoms with Gasteiger partial charge >= 0.3 is 0 Å². The van der Waals surface area contributed by atoms with Crippen LogP contribution in [0.2, 0.25) is 0 Å². The van der Waals surface area contributed by atoms with Crippen molar-refractivity contribution in [1.29, 1.82) is 0 Å². The SMILES string of the molecule is CCN(CC)CC(C)NC(=O)c1cc(Br)ccc1C. The summed E-state index contributed by atoms with van der Waals surface area (Å²) in [5.74, 6) is -0.00143. The number of amides is 1. The van der Waals surface area contributed by atoms with Crippen LogP contribution < -0.4 is 5.32 Å². The van der Waals surface area contributed by atoms with Crippen molar-refractivity contribution in [3.8, 4) is 0 Å². The molecule has 0 heterocycles. The van der Waals surface area contributed by atoms with Crippen LogP contribution in [0.4, 0.5) is 0 Å². The lowest BCUT2D eigenvalue weighted by Gasteiger charge is -2.23. The van der Waals surface area contributed by atoms with E-state index >= 15 is 0 Å². The number of halogens is 1. The van der Waals surface area contributed by atoms with E-state index in [0.717, 1.165) is 35.2 Å². The number of hydrogen-bond donors (Lipinski definition) is 1. The molecule has 1 rings (SSSR count). The molecule has 0 radical (unpaired) electrons. The quantitative estimate of drug-likeness (QED) is 0.870. The fraction of sp³-hybridized carbons (Fsp3) is 0.533. The first-order valence-electron chi connectivity index (χ1n) is 6.77. The van der Waals surface area contributed by atoms with Crippen LogP contribution >= 0.6 is 15.9 Å². The second kappa shape index (κ2) is 7.65. The van der Waals surface area contributed by atoms with Gasteiger partial charge in [-0.1, -0.05) is 35.8 Å². The first kappa shape index (κ1) is 16.2. The maximum atomic E-state index is 12.2. The molecule has 0 saturated heterocycles. The van der Waals surface area contributed by atoms with Crippen molar-refractivity contribution in [3.63, 3.8) is 0 Å². The fourth-order valence-electron chi connectivity index (χ4n) is 2.06. The lowest BCUT2D eigenvalue weighted by molar-refractivity contribution is 0.0929. The third kappa shape index (κ3) is 4.96. The molecule has 0 aliphatic heterocycles. The molecule has 0 aliphatic carbocycles. The first-order valence-corrected chi connectivity index (χ1v) is 7.56. The van der Waals surface area contributed by atoms with Gasteiger partial charge in [-0.25, -0.2) is 0 Å². The van der Waals surface area contributed by atoms with Gasteiger partial charge in [0.25, 0.3) is 5.91 Å². The van der Waals surface area contributed by atoms with Gasteiger partial charge in [0.05, 0.1) is 0 Å². The van der Waals surface area contributed by atoms with Gasteiger partial charge in [-0.15, -0.1) is 0 Å². The van der Waals surface area contributed by atoms with Crippen LogP contribution in [0.5, 0.6) is 0 Å². The highest BCUT2D eigenvalue weighted by molar-refractivity contribution is 9.10. The second-order valence-corrected chi connectivity index (χ2v) is 5.74. The Hall–Kier alpha value is -0.870. The number of rotatable bonds is 6. The number of aryl methyl sites for hydroxylation is 1. The second-order valence-electron chi connectivity index (χ2n) is 4.82. The molecule has 3 nitrogen and oxygen atoms in total. The van der Waals surface area contributed by atoms with Gasteiger partial charge in [-0.2, -0.15) is 0 Å². The molecule has 4 heteroatoms. The number of nitrogens with one attached hydrogen (secondary N) is 1. The number of hydrogen-bond acceptors (Lipinski definition) is 2. The van der Waals surface area contributed by atoms with E-state index in [2.05, 4.69) is 40.0 Å². The van der Waals surface area contributed by atoms with Crippen molar-refractivity contribution in [1.82, 2.24) is 10.2 Å². The first-order chi connectivity index (χ1) is 8.97. The molecule has 0 fully saturated rings. The minimum atomic E-state index is -0.00143. The van der Waals surface area contributed by atoms with Crippen LogP contribution in [0, 0.1) is 6.92 Å². The fourth-order valence-corrected chi connectivity index (χ4v) is 2.42. The smallest absolute Gasteiger partial charge is 0.251 e. The van der Waals surface area contributed by atoms with E-state index in [-0.39, 0.29) is 11.9 Å². The van der Waals surface area contributed by atoms with Gasteiger partial charge in [-0.05, 0) is 44.6 Å². The van der Waals surface area contributed by atoms with Crippen molar-refractivity contribution < 1.29 is 4.79 Å². The Morgan fingerprint density at radius 3 is 2.58 bits per heavy atom. The zero-order valence-corrected chi connectivity index (χ0v) is 13.8. The molecular formula is C15H23BrN2O. The number of benzene rings is 1. The molecule has 0 bridgehead atoms. The van der Waals surface area contributed by atoms with Crippen molar-refractivity contribution in [2.75, 3.05) is 19.6 Å². The molecule has 1 amide bonds. The largest absolute Gasteiger partial charge is 0.348 e. The highest BCUT2D eigenvalue weighted by atomic mass is 79.9. The molecule has 106 valence electrons. The number of carbonyl (C=O) groups is 1. The molecule has 0 saturated carbocycles. The Morgan fingerprint density at radius 2 is 2.00 bits per heavy atom. The third-order valence-corrected chi connectivity index (χ3v) is 3.74. The Labute approximate surface area is 124 Å². The normalized spacial score (nSPS) is 12.5. The Balaban J connectivity index is 2.66. The van der Waals surface area contributed by atoms with Crippen LogP contribution in [0.3, 0.4) is 0 Å². The summed E-state index contributed by atoms with van der Waals surface area (Å²) in [6, 6.07) is 5.92. The third-order valence-electron chi connectivity index (χ3n) is 3.25. The van der Waals surface area contributed by atoms with E-state index in [4.69, 9.17) is 0 Å². The lowest BCUT2D eigenvalue weighted by Crippen LogP contribution is -2.42. The van der Waals surface area contributed by atoms with Gasteiger partial charge in [0, 0.05) is 22.6 Å². The molecule has 0 aromatic heterocycles. The Bertz CT molecular complexity index is 430. The van der Waals surface area contributed by atoms with Gasteiger partial charge < -0.3 is 10.2 Å². The molecule has 1 unspecified atom stereocenters. The van der Waals surface area contributed by atoms with E-state index in [9.17, 15) is 4.79 Å². The van der Waals surface area contributed by atoms with E-state index in [1.807, 2.05) is 32.0 Å². The van der Waals surface area contributed by atoms with Crippen LogP contribution in [0.25, 0.3) is 0 Å². The average molecular weight is 327 g/mol. The van der Waals surface area contributed by atoms with Crippen molar-refractivity contribution in [2.45, 2.75) is 33.7 Å². The minimum Gasteiger partial charge on any atom is -0.348 e. The predicted octanol–water partition coefficient (Wildman–Crippen LogP) is 3.22. The molecule has 0 spiro atoms. The number of likely N-dealkylation sites (N-methyl/N-ethyl adjacent to an activating group) is 1. The summed E-state index contributed by atoms with van der Waals surface area (Å²) in [7, 11) is 0. The minimum absolute atomic E-state index is 0.00143. The molecule has 1 N–H and O–H groups in total. The monoisotopic (exact) mass is 326 g/mol. The van der Waals surface area contributed by atoms with E-state index in [1.54, 1.807) is 0 Å². The van der Waals surface area contributed by atoms with Crippen molar-refractivity contribution in [2.24, 2.45) is 0 Å². The summed E-state index contributed by atoms with van der Waals surface area (Å²) < 4.78 is 0.930. The summed E-state index contributed by atoms with van der Waals surface area (Å²) >= 11 is 3.41. The van der Waals surface area contributed by atoms with Crippen LogP contribution in [-0.4, -0.2) is 36.5 Å². The molecule has 1 atom stereocenters. The summed E-state index contributed by atoms with van der Waals surface area (Å²) in [5.41, 5.74) is 1.73. The van der Waals surface area contributed by atoms with Gasteiger partial charge in [0.1, 0.15) is 0 Å². The van der Waals surface area contributed by atoms with E-state index in [1.165, 1.54) is 0 Å². The highest BCUT2D eigenvalue weighted by Crippen LogP contribution is 2.16. The van der Waals surface area contributed by atoms with E-state index < -0.39 is 0 Å². The van der Waals surface area contributed by atoms with Crippen molar-refractivity contribution in [3.05, 3.63) is 33.8 Å². The average Bonchev–Trinajstić information content (AvgIpc) is 2.38. The number of nitrogens with zero attached hydrogens (tertiary/aromatic N) is 1. The van der Waals surface area contributed by atoms with Crippen LogP contribution in [0.1, 0.15) is 36.7 Å². The van der Waals surface area contributed by atoms with Gasteiger partial charge in [-0.3, -0.25) is 4.79 Å². The van der Waals surface area contributed by atoms with Gasteiger partial charge in [0.15, 0.2) is 0 Å².